The van der Waals surface area contributed by atoms with Crippen molar-refractivity contribution in [2.24, 2.45) is 0 Å². The normalized spacial score (nSPS) is 18.3. The van der Waals surface area contributed by atoms with E-state index in [1.807, 2.05) is 0 Å². The highest BCUT2D eigenvalue weighted by Gasteiger charge is 2.31. The molecular formula is C17H21N3O5S. The predicted octanol–water partition coefficient (Wildman–Crippen LogP) is 1.73. The van der Waals surface area contributed by atoms with Gasteiger partial charge in [-0.15, -0.1) is 0 Å². The number of aromatic nitrogens is 2. The monoisotopic (exact) mass is 379 g/mol. The number of nitrogens with zero attached hydrogens (tertiary/aromatic N) is 3. The summed E-state index contributed by atoms with van der Waals surface area (Å²) in [5.41, 5.74) is 0. The Morgan fingerprint density at radius 3 is 2.73 bits per heavy atom. The fraction of sp³-hybridized carbons (Fsp3) is 0.412. The van der Waals surface area contributed by atoms with Gasteiger partial charge in [0.25, 0.3) is 0 Å². The van der Waals surface area contributed by atoms with Crippen LogP contribution in [0.25, 0.3) is 0 Å². The van der Waals surface area contributed by atoms with Crippen molar-refractivity contribution in [3.63, 3.8) is 0 Å². The molecular weight excluding hydrogens is 358 g/mol. The second kappa shape index (κ2) is 7.88. The van der Waals surface area contributed by atoms with E-state index < -0.39 is 10.0 Å². The zero-order valence-electron chi connectivity index (χ0n) is 14.7. The van der Waals surface area contributed by atoms with Crippen LogP contribution in [-0.2, 0) is 10.0 Å². The molecule has 0 N–H and O–H groups in total. The Hall–Kier alpha value is -2.39. The van der Waals surface area contributed by atoms with Gasteiger partial charge >= 0.3 is 0 Å². The first-order chi connectivity index (χ1) is 12.5. The maximum absolute atomic E-state index is 12.9. The molecule has 1 aromatic heterocycles. The SMILES string of the molecule is COc1cccc(S(=O)(=O)N2CCCC(Oc3cncc(OC)n3)C2)c1. The van der Waals surface area contributed by atoms with E-state index in [0.29, 0.717) is 30.5 Å². The largest absolute Gasteiger partial charge is 0.497 e. The zero-order chi connectivity index (χ0) is 18.6. The molecule has 0 saturated carbocycles. The Bertz CT molecular complexity index is 859. The maximum atomic E-state index is 12.9. The third-order valence-corrected chi connectivity index (χ3v) is 5.97. The predicted molar refractivity (Wildman–Crippen MR) is 94.0 cm³/mol. The Kier molecular flexibility index (Phi) is 5.58. The summed E-state index contributed by atoms with van der Waals surface area (Å²) in [6.07, 6.45) is 4.10. The van der Waals surface area contributed by atoms with Gasteiger partial charge in [0.05, 0.1) is 38.1 Å². The summed E-state index contributed by atoms with van der Waals surface area (Å²) in [7, 11) is -0.618. The molecule has 1 fully saturated rings. The molecule has 9 heteroatoms. The van der Waals surface area contributed by atoms with Gasteiger partial charge in [-0.3, -0.25) is 4.98 Å². The summed E-state index contributed by atoms with van der Waals surface area (Å²) >= 11 is 0. The third-order valence-electron chi connectivity index (χ3n) is 4.11. The van der Waals surface area contributed by atoms with Crippen LogP contribution >= 0.6 is 0 Å². The van der Waals surface area contributed by atoms with Crippen molar-refractivity contribution < 1.29 is 22.6 Å². The molecule has 1 aliphatic rings. The molecule has 8 nitrogen and oxygen atoms in total. The topological polar surface area (TPSA) is 90.9 Å². The smallest absolute Gasteiger partial charge is 0.243 e. The van der Waals surface area contributed by atoms with Crippen molar-refractivity contribution in [2.45, 2.75) is 23.8 Å². The number of rotatable bonds is 6. The summed E-state index contributed by atoms with van der Waals surface area (Å²) in [4.78, 5) is 8.37. The van der Waals surface area contributed by atoms with Crippen LogP contribution in [0.3, 0.4) is 0 Å². The van der Waals surface area contributed by atoms with Crippen molar-refractivity contribution in [1.82, 2.24) is 14.3 Å². The van der Waals surface area contributed by atoms with E-state index in [0.717, 1.165) is 6.42 Å². The lowest BCUT2D eigenvalue weighted by Crippen LogP contribution is -2.44. The first-order valence-corrected chi connectivity index (χ1v) is 9.64. The molecule has 2 aromatic rings. The highest BCUT2D eigenvalue weighted by Crippen LogP contribution is 2.25. The van der Waals surface area contributed by atoms with Gasteiger partial charge in [0.2, 0.25) is 21.8 Å². The second-order valence-corrected chi connectivity index (χ2v) is 7.76. The maximum Gasteiger partial charge on any atom is 0.243 e. The Morgan fingerprint density at radius 1 is 1.15 bits per heavy atom. The van der Waals surface area contributed by atoms with Gasteiger partial charge in [-0.05, 0) is 25.0 Å². The van der Waals surface area contributed by atoms with Crippen LogP contribution in [0.4, 0.5) is 0 Å². The van der Waals surface area contributed by atoms with Gasteiger partial charge in [-0.25, -0.2) is 8.42 Å². The molecule has 26 heavy (non-hydrogen) atoms. The zero-order valence-corrected chi connectivity index (χ0v) is 15.5. The molecule has 1 aromatic carbocycles. The minimum atomic E-state index is -3.62. The number of ether oxygens (including phenoxy) is 3. The summed E-state index contributed by atoms with van der Waals surface area (Å²) in [6.45, 7) is 0.696. The van der Waals surface area contributed by atoms with Crippen molar-refractivity contribution in [3.8, 4) is 17.5 Å². The van der Waals surface area contributed by atoms with Crippen LogP contribution in [0.5, 0.6) is 17.5 Å². The van der Waals surface area contributed by atoms with E-state index in [9.17, 15) is 8.42 Å². The van der Waals surface area contributed by atoms with E-state index in [1.165, 1.54) is 37.0 Å². The molecule has 3 rings (SSSR count). The van der Waals surface area contributed by atoms with Crippen LogP contribution < -0.4 is 14.2 Å². The van der Waals surface area contributed by atoms with Crippen LogP contribution in [0, 0.1) is 0 Å². The molecule has 1 saturated heterocycles. The van der Waals surface area contributed by atoms with Crippen molar-refractivity contribution in [1.29, 1.82) is 0 Å². The number of methoxy groups -OCH3 is 2. The van der Waals surface area contributed by atoms with E-state index in [-0.39, 0.29) is 17.5 Å². The number of benzene rings is 1. The van der Waals surface area contributed by atoms with E-state index in [2.05, 4.69) is 9.97 Å². The van der Waals surface area contributed by atoms with Crippen LogP contribution in [0.2, 0.25) is 0 Å². The lowest BCUT2D eigenvalue weighted by molar-refractivity contribution is 0.123. The minimum Gasteiger partial charge on any atom is -0.497 e. The standard InChI is InChI=1S/C17H21N3O5S/c1-23-13-5-3-7-15(9-13)26(21,22)20-8-4-6-14(12-20)25-17-11-18-10-16(19-17)24-2/h3,5,7,9-11,14H,4,6,8,12H2,1-2H3. The average Bonchev–Trinajstić information content (AvgIpc) is 2.68. The Morgan fingerprint density at radius 2 is 1.96 bits per heavy atom. The fourth-order valence-corrected chi connectivity index (χ4v) is 4.33. The highest BCUT2D eigenvalue weighted by atomic mass is 32.2. The van der Waals surface area contributed by atoms with E-state index in [4.69, 9.17) is 14.2 Å². The number of sulfonamides is 1. The molecule has 0 spiro atoms. The lowest BCUT2D eigenvalue weighted by Gasteiger charge is -2.31. The number of hydrogen-bond acceptors (Lipinski definition) is 7. The Balaban J connectivity index is 1.74. The first kappa shape index (κ1) is 18.4. The van der Waals surface area contributed by atoms with Gasteiger partial charge in [0.15, 0.2) is 0 Å². The highest BCUT2D eigenvalue weighted by molar-refractivity contribution is 7.89. The third kappa shape index (κ3) is 4.05. The fourth-order valence-electron chi connectivity index (χ4n) is 2.79. The molecule has 2 heterocycles. The molecule has 140 valence electrons. The van der Waals surface area contributed by atoms with E-state index >= 15 is 0 Å². The van der Waals surface area contributed by atoms with Crippen molar-refractivity contribution in [2.75, 3.05) is 27.3 Å². The number of piperidine rings is 1. The van der Waals surface area contributed by atoms with Crippen molar-refractivity contribution >= 4 is 10.0 Å². The van der Waals surface area contributed by atoms with E-state index in [1.54, 1.807) is 18.2 Å². The summed E-state index contributed by atoms with van der Waals surface area (Å²) < 4.78 is 43.2. The minimum absolute atomic E-state index is 0.207. The molecule has 0 radical (unpaired) electrons. The van der Waals surface area contributed by atoms with Gasteiger partial charge in [-0.1, -0.05) is 6.07 Å². The van der Waals surface area contributed by atoms with Gasteiger partial charge in [0.1, 0.15) is 11.9 Å². The van der Waals surface area contributed by atoms with Gasteiger partial charge < -0.3 is 14.2 Å². The van der Waals surface area contributed by atoms with Gasteiger partial charge in [0, 0.05) is 12.6 Å². The lowest BCUT2D eigenvalue weighted by atomic mass is 10.1. The quantitative estimate of drug-likeness (QED) is 0.755. The summed E-state index contributed by atoms with van der Waals surface area (Å²) in [5, 5.41) is 0. The average molecular weight is 379 g/mol. The second-order valence-electron chi connectivity index (χ2n) is 5.82. The van der Waals surface area contributed by atoms with Crippen LogP contribution in [0.15, 0.2) is 41.6 Å². The van der Waals surface area contributed by atoms with Gasteiger partial charge in [-0.2, -0.15) is 9.29 Å². The molecule has 1 atom stereocenters. The molecule has 1 unspecified atom stereocenters. The van der Waals surface area contributed by atoms with Crippen LogP contribution in [-0.4, -0.2) is 56.1 Å². The number of hydrogen-bond donors (Lipinski definition) is 0. The van der Waals surface area contributed by atoms with Crippen LogP contribution in [0.1, 0.15) is 12.8 Å². The molecule has 1 aliphatic heterocycles. The summed E-state index contributed by atoms with van der Waals surface area (Å²) in [5.74, 6) is 1.16. The Labute approximate surface area is 152 Å². The molecule has 0 aliphatic carbocycles. The first-order valence-electron chi connectivity index (χ1n) is 8.20. The molecule has 0 amide bonds. The molecule has 0 bridgehead atoms. The van der Waals surface area contributed by atoms with Crippen molar-refractivity contribution in [3.05, 3.63) is 36.7 Å². The summed E-state index contributed by atoms with van der Waals surface area (Å²) in [6, 6.07) is 6.46.